The third-order valence-electron chi connectivity index (χ3n) is 4.42. The minimum absolute atomic E-state index is 0.278. The van der Waals surface area contributed by atoms with Crippen molar-refractivity contribution in [2.45, 2.75) is 46.1 Å². The molecule has 0 heterocycles. The maximum atomic E-state index is 12.0. The molecule has 0 saturated heterocycles. The molecule has 0 aliphatic heterocycles. The van der Waals surface area contributed by atoms with Gasteiger partial charge in [0.15, 0.2) is 0 Å². The molecule has 0 amide bonds. The zero-order valence-electron chi connectivity index (χ0n) is 12.6. The van der Waals surface area contributed by atoms with Crippen LogP contribution in [0.1, 0.15) is 40.0 Å². The van der Waals surface area contributed by atoms with Crippen molar-refractivity contribution < 1.29 is 4.79 Å². The van der Waals surface area contributed by atoms with E-state index in [-0.39, 0.29) is 5.92 Å². The van der Waals surface area contributed by atoms with E-state index in [1.807, 2.05) is 11.8 Å². The Labute approximate surface area is 117 Å². The number of carbonyl (C=O) groups is 1. The van der Waals surface area contributed by atoms with Crippen LogP contribution in [-0.4, -0.2) is 42.3 Å². The summed E-state index contributed by atoms with van der Waals surface area (Å²) in [6.45, 7) is 7.78. The maximum Gasteiger partial charge on any atom is 0.137 e. The van der Waals surface area contributed by atoms with Crippen LogP contribution in [0.4, 0.5) is 0 Å². The highest BCUT2D eigenvalue weighted by atomic mass is 32.2. The Bertz CT molecular complexity index is 267. The maximum absolute atomic E-state index is 12.0. The molecule has 0 radical (unpaired) electrons. The fourth-order valence-corrected chi connectivity index (χ4v) is 3.56. The Morgan fingerprint density at radius 2 is 2.06 bits per heavy atom. The number of hydrogen-bond donors (Lipinski definition) is 0. The first-order chi connectivity index (χ1) is 8.45. The van der Waals surface area contributed by atoms with Crippen LogP contribution in [0.3, 0.4) is 0 Å². The van der Waals surface area contributed by atoms with E-state index in [9.17, 15) is 4.79 Å². The van der Waals surface area contributed by atoms with E-state index < -0.39 is 0 Å². The summed E-state index contributed by atoms with van der Waals surface area (Å²) in [6, 6.07) is 0.562. The lowest BCUT2D eigenvalue weighted by Crippen LogP contribution is -2.40. The monoisotopic (exact) mass is 271 g/mol. The van der Waals surface area contributed by atoms with E-state index in [4.69, 9.17) is 0 Å². The molecule has 3 atom stereocenters. The molecule has 1 aliphatic carbocycles. The van der Waals surface area contributed by atoms with Crippen molar-refractivity contribution in [2.75, 3.05) is 25.6 Å². The van der Waals surface area contributed by atoms with E-state index in [1.54, 1.807) is 0 Å². The molecule has 0 N–H and O–H groups in total. The normalized spacial score (nSPS) is 26.9. The number of rotatable bonds is 6. The van der Waals surface area contributed by atoms with Crippen molar-refractivity contribution >= 4 is 17.5 Å². The highest BCUT2D eigenvalue weighted by Crippen LogP contribution is 2.32. The fraction of sp³-hybridized carbons (Fsp3) is 0.933. The van der Waals surface area contributed by atoms with Crippen LogP contribution in [0.5, 0.6) is 0 Å². The summed E-state index contributed by atoms with van der Waals surface area (Å²) in [5, 5.41) is 0. The van der Waals surface area contributed by atoms with Gasteiger partial charge in [-0.15, -0.1) is 0 Å². The van der Waals surface area contributed by atoms with Gasteiger partial charge in [0.05, 0.1) is 0 Å². The Hall–Kier alpha value is -0.0200. The minimum atomic E-state index is 0.278. The van der Waals surface area contributed by atoms with E-state index >= 15 is 0 Å². The van der Waals surface area contributed by atoms with Gasteiger partial charge in [0.25, 0.3) is 0 Å². The molecule has 3 heteroatoms. The highest BCUT2D eigenvalue weighted by Gasteiger charge is 2.31. The van der Waals surface area contributed by atoms with Gasteiger partial charge in [0.1, 0.15) is 5.78 Å². The highest BCUT2D eigenvalue weighted by molar-refractivity contribution is 7.98. The van der Waals surface area contributed by atoms with Gasteiger partial charge in [-0.2, -0.15) is 11.8 Å². The predicted octanol–water partition coefficient (Wildman–Crippen LogP) is 3.31. The lowest BCUT2D eigenvalue weighted by atomic mass is 9.75. The van der Waals surface area contributed by atoms with Crippen molar-refractivity contribution in [1.29, 1.82) is 0 Å². The van der Waals surface area contributed by atoms with Gasteiger partial charge in [-0.3, -0.25) is 4.79 Å². The molecule has 0 spiro atoms. The number of Topliss-reactive ketones (excluding diaryl/α,β-unsaturated/α-hetero) is 1. The Balaban J connectivity index is 2.50. The van der Waals surface area contributed by atoms with Crippen LogP contribution >= 0.6 is 11.8 Å². The third-order valence-corrected chi connectivity index (χ3v) is 5.23. The lowest BCUT2D eigenvalue weighted by molar-refractivity contribution is -0.126. The van der Waals surface area contributed by atoms with Crippen molar-refractivity contribution in [1.82, 2.24) is 4.90 Å². The van der Waals surface area contributed by atoms with Gasteiger partial charge in [0.2, 0.25) is 0 Å². The van der Waals surface area contributed by atoms with Gasteiger partial charge in [-0.05, 0) is 44.9 Å². The Kier molecular flexibility index (Phi) is 6.72. The number of thioether (sulfide) groups is 1. The summed E-state index contributed by atoms with van der Waals surface area (Å²) in [6.07, 6.45) is 5.16. The molecular weight excluding hydrogens is 242 g/mol. The Morgan fingerprint density at radius 1 is 1.39 bits per heavy atom. The number of hydrogen-bond acceptors (Lipinski definition) is 3. The molecule has 3 unspecified atom stereocenters. The largest absolute Gasteiger partial charge is 0.302 e. The van der Waals surface area contributed by atoms with E-state index in [2.05, 4.69) is 39.0 Å². The van der Waals surface area contributed by atoms with E-state index in [0.29, 0.717) is 11.8 Å². The van der Waals surface area contributed by atoms with Crippen molar-refractivity contribution in [3.63, 3.8) is 0 Å². The van der Waals surface area contributed by atoms with E-state index in [0.717, 1.165) is 43.4 Å². The van der Waals surface area contributed by atoms with Crippen molar-refractivity contribution in [3.8, 4) is 0 Å². The summed E-state index contributed by atoms with van der Waals surface area (Å²) < 4.78 is 0. The molecule has 0 aromatic heterocycles. The quantitative estimate of drug-likeness (QED) is 0.739. The number of ketones is 1. The van der Waals surface area contributed by atoms with Gasteiger partial charge in [-0.25, -0.2) is 0 Å². The SMILES string of the molecule is CSCC(C)N(C)CC1CC(C(C)C)CCC1=O. The summed E-state index contributed by atoms with van der Waals surface area (Å²) in [4.78, 5) is 14.4. The van der Waals surface area contributed by atoms with Gasteiger partial charge in [-0.1, -0.05) is 13.8 Å². The summed E-state index contributed by atoms with van der Waals surface area (Å²) >= 11 is 1.88. The van der Waals surface area contributed by atoms with Crippen LogP contribution in [-0.2, 0) is 4.79 Å². The molecule has 106 valence electrons. The number of carbonyl (C=O) groups excluding carboxylic acids is 1. The standard InChI is InChI=1S/C15H29NOS/c1-11(2)13-6-7-15(17)14(8-13)9-16(4)12(3)10-18-5/h11-14H,6-10H2,1-5H3. The molecule has 0 aromatic rings. The molecule has 1 aliphatic rings. The third kappa shape index (κ3) is 4.58. The predicted molar refractivity (Wildman–Crippen MR) is 81.2 cm³/mol. The van der Waals surface area contributed by atoms with Crippen LogP contribution in [0, 0.1) is 17.8 Å². The molecule has 1 fully saturated rings. The van der Waals surface area contributed by atoms with Gasteiger partial charge in [0, 0.05) is 30.7 Å². The van der Waals surface area contributed by atoms with Crippen molar-refractivity contribution in [3.05, 3.63) is 0 Å². The zero-order valence-corrected chi connectivity index (χ0v) is 13.4. The lowest BCUT2D eigenvalue weighted by Gasteiger charge is -2.34. The smallest absolute Gasteiger partial charge is 0.137 e. The molecule has 18 heavy (non-hydrogen) atoms. The zero-order chi connectivity index (χ0) is 13.7. The molecular formula is C15H29NOS. The molecule has 0 bridgehead atoms. The summed E-state index contributed by atoms with van der Waals surface area (Å²) in [5.41, 5.74) is 0. The van der Waals surface area contributed by atoms with Crippen LogP contribution < -0.4 is 0 Å². The Morgan fingerprint density at radius 3 is 2.61 bits per heavy atom. The molecule has 1 rings (SSSR count). The molecule has 0 aromatic carbocycles. The average molecular weight is 271 g/mol. The van der Waals surface area contributed by atoms with E-state index in [1.165, 1.54) is 0 Å². The van der Waals surface area contributed by atoms with Gasteiger partial charge < -0.3 is 4.90 Å². The topological polar surface area (TPSA) is 20.3 Å². The van der Waals surface area contributed by atoms with Crippen LogP contribution in [0.25, 0.3) is 0 Å². The second kappa shape index (κ2) is 7.54. The number of nitrogens with zero attached hydrogens (tertiary/aromatic N) is 1. The van der Waals surface area contributed by atoms with Crippen molar-refractivity contribution in [2.24, 2.45) is 17.8 Å². The summed E-state index contributed by atoms with van der Waals surface area (Å²) in [5.74, 6) is 3.38. The second-order valence-corrected chi connectivity index (χ2v) is 7.10. The first-order valence-electron chi connectivity index (χ1n) is 7.17. The molecule has 2 nitrogen and oxygen atoms in total. The van der Waals surface area contributed by atoms with Crippen LogP contribution in [0.15, 0.2) is 0 Å². The second-order valence-electron chi connectivity index (χ2n) is 6.19. The molecule has 1 saturated carbocycles. The summed E-state index contributed by atoms with van der Waals surface area (Å²) in [7, 11) is 2.16. The van der Waals surface area contributed by atoms with Gasteiger partial charge >= 0.3 is 0 Å². The average Bonchev–Trinajstić information content (AvgIpc) is 2.31. The fourth-order valence-electron chi connectivity index (χ4n) is 2.82. The first-order valence-corrected chi connectivity index (χ1v) is 8.57. The van der Waals surface area contributed by atoms with Crippen LogP contribution in [0.2, 0.25) is 0 Å². The minimum Gasteiger partial charge on any atom is -0.302 e. The first kappa shape index (κ1) is 16.0.